The zero-order valence-corrected chi connectivity index (χ0v) is 23.9. The van der Waals surface area contributed by atoms with Crippen molar-refractivity contribution in [3.63, 3.8) is 0 Å². The van der Waals surface area contributed by atoms with Crippen molar-refractivity contribution in [3.8, 4) is 11.5 Å². The van der Waals surface area contributed by atoms with Crippen LogP contribution in [0, 0.1) is 6.92 Å². The Bertz CT molecular complexity index is 1710. The summed E-state index contributed by atoms with van der Waals surface area (Å²) in [7, 11) is 0. The maximum Gasteiger partial charge on any atom is 0.306 e. The molecule has 4 aromatic carbocycles. The predicted octanol–water partition coefficient (Wildman–Crippen LogP) is 6.45. The van der Waals surface area contributed by atoms with E-state index in [1.807, 2.05) is 55.5 Å². The van der Waals surface area contributed by atoms with Crippen LogP contribution in [0.4, 0.5) is 8.78 Å². The van der Waals surface area contributed by atoms with Gasteiger partial charge in [0.2, 0.25) is 5.56 Å². The Morgan fingerprint density at radius 1 is 0.860 bits per heavy atom. The number of benzene rings is 4. The van der Waals surface area contributed by atoms with Crippen LogP contribution in [0.25, 0.3) is 10.9 Å². The number of ether oxygens (including phenoxy) is 2. The van der Waals surface area contributed by atoms with Gasteiger partial charge in [0.1, 0.15) is 18.1 Å². The van der Waals surface area contributed by atoms with Crippen molar-refractivity contribution in [1.29, 1.82) is 0 Å². The summed E-state index contributed by atoms with van der Waals surface area (Å²) in [5.41, 5.74) is 3.68. The smallest absolute Gasteiger partial charge is 0.306 e. The van der Waals surface area contributed by atoms with E-state index in [0.717, 1.165) is 16.7 Å². The van der Waals surface area contributed by atoms with Gasteiger partial charge in [0.25, 0.3) is 0 Å². The average molecular weight is 585 g/mol. The first kappa shape index (κ1) is 29.9. The molecule has 1 atom stereocenters. The van der Waals surface area contributed by atoms with Crippen LogP contribution in [0.15, 0.2) is 108 Å². The number of aliphatic hydroxyl groups is 1. The minimum atomic E-state index is -3.09. The number of aliphatic hydroxyl groups excluding tert-OH is 1. The van der Waals surface area contributed by atoms with Gasteiger partial charge in [0.05, 0.1) is 11.6 Å². The molecule has 5 rings (SSSR count). The van der Waals surface area contributed by atoms with E-state index in [2.05, 4.69) is 10.3 Å². The quantitative estimate of drug-likeness (QED) is 0.139. The van der Waals surface area contributed by atoms with Gasteiger partial charge in [0.15, 0.2) is 6.61 Å². The summed E-state index contributed by atoms with van der Waals surface area (Å²) in [6.45, 7) is 2.34. The van der Waals surface area contributed by atoms with Crippen LogP contribution >= 0.6 is 0 Å². The fraction of sp³-hybridized carbons (Fsp3) is 0.229. The van der Waals surface area contributed by atoms with Crippen molar-refractivity contribution >= 4 is 10.9 Å². The van der Waals surface area contributed by atoms with Crippen LogP contribution in [0.5, 0.6) is 11.5 Å². The lowest BCUT2D eigenvalue weighted by Gasteiger charge is -2.19. The van der Waals surface area contributed by atoms with E-state index in [-0.39, 0.29) is 11.1 Å². The second-order valence-corrected chi connectivity index (χ2v) is 10.5. The molecule has 0 unspecified atom stereocenters. The summed E-state index contributed by atoms with van der Waals surface area (Å²) in [4.78, 5) is 14.9. The van der Waals surface area contributed by atoms with Crippen molar-refractivity contribution < 1.29 is 23.4 Å². The van der Waals surface area contributed by atoms with Gasteiger partial charge in [-0.1, -0.05) is 78.9 Å². The normalized spacial score (nSPS) is 12.3. The number of alkyl halides is 2. The highest BCUT2D eigenvalue weighted by molar-refractivity contribution is 5.87. The molecule has 1 heterocycles. The molecular weight excluding hydrogens is 550 g/mol. The molecule has 43 heavy (non-hydrogen) atoms. The number of nitrogens with one attached hydrogen (secondary N) is 2. The van der Waals surface area contributed by atoms with E-state index in [1.54, 1.807) is 36.4 Å². The second-order valence-electron chi connectivity index (χ2n) is 10.5. The molecule has 1 aromatic heterocycles. The first-order valence-electron chi connectivity index (χ1n) is 14.2. The van der Waals surface area contributed by atoms with Gasteiger partial charge in [-0.3, -0.25) is 4.79 Å². The SMILES string of the molecule is Cc1cc(CCNC[C@@H](O)c2ccc(OCc3ccccc3)c3[nH]c(=O)ccc23)ccc1OCC(F)(F)c1ccccc1. The summed E-state index contributed by atoms with van der Waals surface area (Å²) < 4.78 is 40.5. The number of hydrogen-bond acceptors (Lipinski definition) is 5. The van der Waals surface area contributed by atoms with E-state index in [1.165, 1.54) is 18.2 Å². The lowest BCUT2D eigenvalue weighted by molar-refractivity contribution is -0.0468. The second kappa shape index (κ2) is 13.6. The minimum absolute atomic E-state index is 0.0776. The summed E-state index contributed by atoms with van der Waals surface area (Å²) in [5, 5.41) is 15.0. The van der Waals surface area contributed by atoms with E-state index in [9.17, 15) is 18.7 Å². The molecule has 5 aromatic rings. The van der Waals surface area contributed by atoms with Gasteiger partial charge in [0, 0.05) is 23.6 Å². The molecule has 0 saturated carbocycles. The fourth-order valence-corrected chi connectivity index (χ4v) is 4.94. The average Bonchev–Trinajstić information content (AvgIpc) is 3.02. The Balaban J connectivity index is 1.15. The summed E-state index contributed by atoms with van der Waals surface area (Å²) in [6.07, 6.45) is -0.144. The highest BCUT2D eigenvalue weighted by Gasteiger charge is 2.32. The molecule has 0 aliphatic rings. The molecule has 0 spiro atoms. The molecule has 3 N–H and O–H groups in total. The maximum absolute atomic E-state index is 14.5. The van der Waals surface area contributed by atoms with E-state index in [0.29, 0.717) is 54.1 Å². The number of H-pyrrole nitrogens is 1. The van der Waals surface area contributed by atoms with Gasteiger partial charge in [-0.15, -0.1) is 0 Å². The van der Waals surface area contributed by atoms with Gasteiger partial charge in [-0.25, -0.2) is 0 Å². The zero-order valence-electron chi connectivity index (χ0n) is 23.9. The Morgan fingerprint density at radius 2 is 1.58 bits per heavy atom. The number of hydrogen-bond donors (Lipinski definition) is 3. The topological polar surface area (TPSA) is 83.6 Å². The number of fused-ring (bicyclic) bond motifs is 1. The summed E-state index contributed by atoms with van der Waals surface area (Å²) >= 11 is 0. The van der Waals surface area contributed by atoms with Gasteiger partial charge in [-0.05, 0) is 60.3 Å². The van der Waals surface area contributed by atoms with Crippen molar-refractivity contribution in [3.05, 3.63) is 141 Å². The van der Waals surface area contributed by atoms with Crippen LogP contribution in [-0.2, 0) is 19.0 Å². The van der Waals surface area contributed by atoms with Gasteiger partial charge < -0.3 is 24.9 Å². The summed E-state index contributed by atoms with van der Waals surface area (Å²) in [6, 6.07) is 29.6. The monoisotopic (exact) mass is 584 g/mol. The number of aromatic nitrogens is 1. The van der Waals surface area contributed by atoms with Crippen LogP contribution in [0.1, 0.15) is 33.9 Å². The fourth-order valence-electron chi connectivity index (χ4n) is 4.94. The summed E-state index contributed by atoms with van der Waals surface area (Å²) in [5.74, 6) is -2.14. The third-order valence-corrected chi connectivity index (χ3v) is 7.26. The van der Waals surface area contributed by atoms with Crippen molar-refractivity contribution in [2.45, 2.75) is 32.0 Å². The Morgan fingerprint density at radius 3 is 2.33 bits per heavy atom. The number of pyridine rings is 1. The molecule has 6 nitrogen and oxygen atoms in total. The predicted molar refractivity (Wildman–Crippen MR) is 164 cm³/mol. The van der Waals surface area contributed by atoms with Gasteiger partial charge >= 0.3 is 5.92 Å². The molecule has 0 bridgehead atoms. The molecule has 0 aliphatic heterocycles. The molecule has 8 heteroatoms. The van der Waals surface area contributed by atoms with E-state index >= 15 is 0 Å². The van der Waals surface area contributed by atoms with Crippen molar-refractivity contribution in [2.24, 2.45) is 0 Å². The molecule has 222 valence electrons. The highest BCUT2D eigenvalue weighted by atomic mass is 19.3. The number of rotatable bonds is 13. The lowest BCUT2D eigenvalue weighted by atomic mass is 10.0. The molecule has 0 saturated heterocycles. The molecule has 0 fully saturated rings. The minimum Gasteiger partial charge on any atom is -0.487 e. The van der Waals surface area contributed by atoms with Crippen molar-refractivity contribution in [1.82, 2.24) is 10.3 Å². The Hall–Kier alpha value is -4.53. The standard InChI is InChI=1S/C35H34F2N2O4/c1-24-20-25(12-15-31(24)43-23-35(36,37)27-10-6-3-7-11-27)18-19-38-21-30(40)28-13-16-32(34-29(28)14-17-33(41)39-34)42-22-26-8-4-2-5-9-26/h2-17,20,30,38,40H,18-19,21-23H2,1H3,(H,39,41)/t30-/m1/s1. The maximum atomic E-state index is 14.5. The molecule has 0 radical (unpaired) electrons. The molecular formula is C35H34F2N2O4. The van der Waals surface area contributed by atoms with Crippen LogP contribution < -0.4 is 20.3 Å². The van der Waals surface area contributed by atoms with E-state index in [4.69, 9.17) is 9.47 Å². The molecule has 0 amide bonds. The van der Waals surface area contributed by atoms with Gasteiger partial charge in [-0.2, -0.15) is 8.78 Å². The van der Waals surface area contributed by atoms with Crippen LogP contribution in [-0.4, -0.2) is 29.8 Å². The van der Waals surface area contributed by atoms with Crippen LogP contribution in [0.3, 0.4) is 0 Å². The Labute approximate surface area is 248 Å². The number of aryl methyl sites for hydroxylation is 1. The first-order valence-corrected chi connectivity index (χ1v) is 14.2. The third kappa shape index (κ3) is 7.66. The first-order chi connectivity index (χ1) is 20.8. The van der Waals surface area contributed by atoms with Crippen molar-refractivity contribution in [2.75, 3.05) is 19.7 Å². The highest BCUT2D eigenvalue weighted by Crippen LogP contribution is 2.31. The Kier molecular flexibility index (Phi) is 9.49. The van der Waals surface area contributed by atoms with Crippen LogP contribution in [0.2, 0.25) is 0 Å². The van der Waals surface area contributed by atoms with E-state index < -0.39 is 18.6 Å². The number of halogens is 2. The number of aromatic amines is 1. The zero-order chi connectivity index (χ0) is 30.2. The largest absolute Gasteiger partial charge is 0.487 e. The third-order valence-electron chi connectivity index (χ3n) is 7.26. The molecule has 0 aliphatic carbocycles. The lowest BCUT2D eigenvalue weighted by Crippen LogP contribution is -2.24.